The number of hydrogen-bond acceptors (Lipinski definition) is 6. The Hall–Kier alpha value is -4.06. The molecule has 0 aliphatic carbocycles. The monoisotopic (exact) mass is 465 g/mol. The molecule has 0 amide bonds. The van der Waals surface area contributed by atoms with Gasteiger partial charge in [-0.3, -0.25) is 4.98 Å². The fraction of sp³-hybridized carbons (Fsp3) is 0.241. The smallest absolute Gasteiger partial charge is 0.283 e. The molecule has 6 heteroatoms. The molecule has 0 bridgehead atoms. The lowest BCUT2D eigenvalue weighted by Crippen LogP contribution is -2.31. The molecule has 1 aromatic heterocycles. The first-order valence-corrected chi connectivity index (χ1v) is 11.7. The molecule has 0 radical (unpaired) electrons. The predicted octanol–water partition coefficient (Wildman–Crippen LogP) is 6.02. The van der Waals surface area contributed by atoms with Crippen LogP contribution in [0.5, 0.6) is 17.2 Å². The number of ether oxygens (including phenoxy) is 3. The van der Waals surface area contributed by atoms with Gasteiger partial charge in [0.15, 0.2) is 5.54 Å². The maximum atomic E-state index is 6.34. The van der Waals surface area contributed by atoms with Crippen molar-refractivity contribution in [3.8, 4) is 28.4 Å². The summed E-state index contributed by atoms with van der Waals surface area (Å²) in [5.74, 6) is 2.23. The molecule has 0 fully saturated rings. The van der Waals surface area contributed by atoms with E-state index in [1.54, 1.807) is 0 Å². The summed E-state index contributed by atoms with van der Waals surface area (Å²) in [6.07, 6.45) is 1.81. The molecule has 0 saturated carbocycles. The number of amidine groups is 1. The van der Waals surface area contributed by atoms with Gasteiger partial charge in [-0.25, -0.2) is 4.99 Å². The first-order valence-electron chi connectivity index (χ1n) is 11.7. The zero-order valence-electron chi connectivity index (χ0n) is 20.0. The maximum Gasteiger partial charge on any atom is 0.283 e. The highest BCUT2D eigenvalue weighted by atomic mass is 16.5. The minimum absolute atomic E-state index is 0.0396. The van der Waals surface area contributed by atoms with Gasteiger partial charge in [-0.2, -0.15) is 0 Å². The lowest BCUT2D eigenvalue weighted by atomic mass is 9.80. The van der Waals surface area contributed by atoms with E-state index < -0.39 is 5.54 Å². The molecule has 35 heavy (non-hydrogen) atoms. The molecule has 0 saturated heterocycles. The maximum absolute atomic E-state index is 6.34. The number of nitrogens with two attached hydrogens (primary N) is 1. The molecule has 1 spiro atoms. The topological polar surface area (TPSA) is 79.0 Å². The Morgan fingerprint density at radius 2 is 1.77 bits per heavy atom. The largest absolute Gasteiger partial charge is 0.493 e. The van der Waals surface area contributed by atoms with E-state index >= 15 is 0 Å². The molecule has 6 rings (SSSR count). The third-order valence-corrected chi connectivity index (χ3v) is 6.40. The molecule has 4 aromatic rings. The minimum Gasteiger partial charge on any atom is -0.493 e. The highest BCUT2D eigenvalue weighted by Crippen LogP contribution is 2.52. The molecule has 3 aromatic carbocycles. The average Bonchev–Trinajstić information content (AvgIpc) is 3.24. The second-order valence-electron chi connectivity index (χ2n) is 10.3. The Bertz CT molecular complexity index is 1480. The normalized spacial score (nSPS) is 18.4. The third kappa shape index (κ3) is 3.66. The van der Waals surface area contributed by atoms with Crippen molar-refractivity contribution in [2.24, 2.45) is 16.1 Å². The van der Waals surface area contributed by atoms with Crippen molar-refractivity contribution >= 4 is 16.9 Å². The molecule has 2 N–H and O–H groups in total. The van der Waals surface area contributed by atoms with E-state index in [1.807, 2.05) is 48.7 Å². The quantitative estimate of drug-likeness (QED) is 0.400. The Morgan fingerprint density at radius 3 is 2.54 bits per heavy atom. The Morgan fingerprint density at radius 1 is 0.971 bits per heavy atom. The van der Waals surface area contributed by atoms with Crippen LogP contribution in [0.25, 0.3) is 22.0 Å². The predicted molar refractivity (Wildman–Crippen MR) is 137 cm³/mol. The highest BCUT2D eigenvalue weighted by molar-refractivity contribution is 5.95. The summed E-state index contributed by atoms with van der Waals surface area (Å²) in [5.41, 5.74) is 10.2. The molecule has 3 heterocycles. The van der Waals surface area contributed by atoms with E-state index in [0.717, 1.165) is 50.4 Å². The van der Waals surface area contributed by atoms with Crippen LogP contribution in [0.3, 0.4) is 0 Å². The van der Waals surface area contributed by atoms with E-state index in [-0.39, 0.29) is 11.4 Å². The minimum atomic E-state index is -0.813. The van der Waals surface area contributed by atoms with Crippen molar-refractivity contribution in [3.63, 3.8) is 0 Å². The number of rotatable bonds is 3. The Labute approximate surface area is 204 Å². The second kappa shape index (κ2) is 7.73. The molecular weight excluding hydrogens is 438 g/mol. The van der Waals surface area contributed by atoms with Gasteiger partial charge in [-0.05, 0) is 59.0 Å². The molecule has 6 nitrogen and oxygen atoms in total. The van der Waals surface area contributed by atoms with Crippen molar-refractivity contribution in [2.75, 3.05) is 13.2 Å². The van der Waals surface area contributed by atoms with Gasteiger partial charge in [0.25, 0.3) is 6.02 Å². The molecule has 2 aliphatic rings. The van der Waals surface area contributed by atoms with E-state index in [2.05, 4.69) is 50.0 Å². The lowest BCUT2D eigenvalue weighted by Gasteiger charge is -2.34. The summed E-state index contributed by atoms with van der Waals surface area (Å²) < 4.78 is 18.2. The fourth-order valence-electron chi connectivity index (χ4n) is 4.75. The lowest BCUT2D eigenvalue weighted by molar-refractivity contribution is 0.197. The van der Waals surface area contributed by atoms with Crippen molar-refractivity contribution in [1.82, 2.24) is 4.98 Å². The van der Waals surface area contributed by atoms with Crippen LogP contribution in [0.2, 0.25) is 0 Å². The van der Waals surface area contributed by atoms with Crippen LogP contribution >= 0.6 is 0 Å². The Kier molecular flexibility index (Phi) is 4.74. The number of hydrogen-bond donors (Lipinski definition) is 1. The molecule has 176 valence electrons. The average molecular weight is 466 g/mol. The molecular formula is C29H27N3O3. The number of benzene rings is 3. The summed E-state index contributed by atoms with van der Waals surface area (Å²) in [5, 5.41) is 1.09. The first kappa shape index (κ1) is 21.5. The summed E-state index contributed by atoms with van der Waals surface area (Å²) in [4.78, 5) is 9.35. The van der Waals surface area contributed by atoms with Crippen molar-refractivity contribution in [1.29, 1.82) is 0 Å². The van der Waals surface area contributed by atoms with Crippen LogP contribution in [-0.2, 0) is 10.3 Å². The zero-order valence-corrected chi connectivity index (χ0v) is 20.0. The number of fused-ring (bicyclic) bond motifs is 5. The zero-order chi connectivity index (χ0) is 24.2. The number of nitrogens with zero attached hydrogens (tertiary/aromatic N) is 2. The van der Waals surface area contributed by atoms with Crippen LogP contribution in [0, 0.1) is 5.41 Å². The summed E-state index contributed by atoms with van der Waals surface area (Å²) in [7, 11) is 0. The molecule has 0 unspecified atom stereocenters. The second-order valence-corrected chi connectivity index (χ2v) is 10.3. The van der Waals surface area contributed by atoms with E-state index in [1.165, 1.54) is 0 Å². The van der Waals surface area contributed by atoms with Crippen LogP contribution in [-0.4, -0.2) is 24.2 Å². The van der Waals surface area contributed by atoms with Gasteiger partial charge in [0.2, 0.25) is 0 Å². The number of aliphatic imine (C=N–C) groups is 1. The van der Waals surface area contributed by atoms with Crippen molar-refractivity contribution in [2.45, 2.75) is 26.3 Å². The van der Waals surface area contributed by atoms with Crippen molar-refractivity contribution < 1.29 is 14.2 Å². The van der Waals surface area contributed by atoms with Crippen LogP contribution in [0.15, 0.2) is 77.9 Å². The summed E-state index contributed by atoms with van der Waals surface area (Å²) in [6.45, 7) is 7.33. The van der Waals surface area contributed by atoms with Gasteiger partial charge in [0, 0.05) is 22.7 Å². The molecule has 1 atom stereocenters. The summed E-state index contributed by atoms with van der Waals surface area (Å²) in [6, 6.07) is 22.5. The fourth-order valence-corrected chi connectivity index (χ4v) is 4.75. The van der Waals surface area contributed by atoms with Gasteiger partial charge in [0.05, 0.1) is 12.1 Å². The number of aromatic nitrogens is 1. The van der Waals surface area contributed by atoms with E-state index in [4.69, 9.17) is 24.9 Å². The van der Waals surface area contributed by atoms with E-state index in [0.29, 0.717) is 13.2 Å². The van der Waals surface area contributed by atoms with Gasteiger partial charge in [-0.15, -0.1) is 0 Å². The highest BCUT2D eigenvalue weighted by Gasteiger charge is 2.47. The van der Waals surface area contributed by atoms with Gasteiger partial charge < -0.3 is 19.9 Å². The Balaban J connectivity index is 1.50. The van der Waals surface area contributed by atoms with Crippen molar-refractivity contribution in [3.05, 3.63) is 84.1 Å². The van der Waals surface area contributed by atoms with E-state index in [9.17, 15) is 0 Å². The summed E-state index contributed by atoms with van der Waals surface area (Å²) >= 11 is 0. The van der Waals surface area contributed by atoms with Gasteiger partial charge >= 0.3 is 0 Å². The molecule has 2 aliphatic heterocycles. The SMILES string of the molecule is CC(C)(C)COc1ccc2c(c1)[C@]1(COC(N)=N1)c1cc(-c3cccc4ncccc34)ccc1O2. The van der Waals surface area contributed by atoms with Crippen LogP contribution < -0.4 is 15.2 Å². The van der Waals surface area contributed by atoms with Crippen LogP contribution in [0.1, 0.15) is 31.9 Å². The van der Waals surface area contributed by atoms with Crippen LogP contribution in [0.4, 0.5) is 0 Å². The van der Waals surface area contributed by atoms with Gasteiger partial charge in [0.1, 0.15) is 23.9 Å². The first-order chi connectivity index (χ1) is 16.8. The number of pyridine rings is 1. The van der Waals surface area contributed by atoms with Gasteiger partial charge in [-0.1, -0.05) is 45.0 Å². The standard InChI is InChI=1S/C29H27N3O3/c1-28(2,3)16-33-19-10-12-26-23(15-19)29(17-34-27(30)32-29)22-14-18(9-11-25(22)35-26)20-6-4-8-24-21(20)7-5-13-31-24/h4-15H,16-17H2,1-3H3,(H2,30,32)/t29-/m0/s1. The third-order valence-electron chi connectivity index (χ3n) is 6.40.